The van der Waals surface area contributed by atoms with Crippen molar-refractivity contribution in [2.45, 2.75) is 13.2 Å². The second-order valence-corrected chi connectivity index (χ2v) is 11.8. The number of aryl methyl sites for hydroxylation is 1. The molecule has 0 N–H and O–H groups in total. The molecule has 0 saturated carbocycles. The van der Waals surface area contributed by atoms with E-state index < -0.39 is 13.2 Å². The van der Waals surface area contributed by atoms with E-state index in [1.807, 2.05) is 48.5 Å². The van der Waals surface area contributed by atoms with Crippen LogP contribution in [-0.2, 0) is 6.37 Å². The van der Waals surface area contributed by atoms with Crippen LogP contribution >= 0.6 is 0 Å². The molecule has 0 aliphatic heterocycles. The van der Waals surface area contributed by atoms with Crippen LogP contribution in [0, 0.1) is 0 Å². The van der Waals surface area contributed by atoms with Crippen molar-refractivity contribution in [3.63, 3.8) is 0 Å². The van der Waals surface area contributed by atoms with Gasteiger partial charge in [0.05, 0.1) is 16.7 Å². The largest absolute Gasteiger partial charge is 0.296 e. The van der Waals surface area contributed by atoms with Crippen LogP contribution in [0.25, 0.3) is 82.4 Å². The van der Waals surface area contributed by atoms with Crippen molar-refractivity contribution in [1.82, 2.24) is 9.55 Å². The molecule has 0 aliphatic rings. The first-order valence-corrected chi connectivity index (χ1v) is 15.8. The highest BCUT2D eigenvalue weighted by Gasteiger charge is 2.21. The Bertz CT molecular complexity index is 2760. The predicted molar refractivity (Wildman–Crippen MR) is 199 cm³/mol. The predicted octanol–water partition coefficient (Wildman–Crippen LogP) is 12.0. The standard InChI is InChI=1S/C45H32N2/c1-2-43-46-40-26-14-15-27-42(40)47(43)41-29-28-39(32-19-7-8-20-33(32)41)45-37-24-12-10-22-35(37)44(36-23-11-13-25-38(36)45)34-21-9-6-18-31(34)30-16-4-3-5-17-30/h3-29H,2H2,1H3/i1D3,2D2. The average Bonchev–Trinajstić information content (AvgIpc) is 3.57. The Morgan fingerprint density at radius 3 is 1.70 bits per heavy atom. The van der Waals surface area contributed by atoms with E-state index in [0.29, 0.717) is 16.7 Å². The zero-order valence-corrected chi connectivity index (χ0v) is 25.5. The van der Waals surface area contributed by atoms with Gasteiger partial charge in [-0.15, -0.1) is 0 Å². The van der Waals surface area contributed by atoms with E-state index >= 15 is 0 Å². The molecule has 0 bridgehead atoms. The summed E-state index contributed by atoms with van der Waals surface area (Å²) in [6.07, 6.45) is -2.70. The van der Waals surface area contributed by atoms with Crippen molar-refractivity contribution in [2.24, 2.45) is 0 Å². The van der Waals surface area contributed by atoms with E-state index in [0.717, 1.165) is 54.6 Å². The zero-order valence-electron chi connectivity index (χ0n) is 30.5. The van der Waals surface area contributed by atoms with E-state index in [2.05, 4.69) is 114 Å². The van der Waals surface area contributed by atoms with Crippen molar-refractivity contribution in [3.8, 4) is 39.1 Å². The van der Waals surface area contributed by atoms with Crippen molar-refractivity contribution in [2.75, 3.05) is 0 Å². The van der Waals surface area contributed by atoms with Crippen LogP contribution in [0.2, 0.25) is 0 Å². The van der Waals surface area contributed by atoms with Crippen LogP contribution in [0.1, 0.15) is 19.5 Å². The Hall–Kier alpha value is -5.99. The Balaban J connectivity index is 1.36. The number of rotatable bonds is 5. The molecule has 9 aromatic rings. The maximum Gasteiger partial charge on any atom is 0.114 e. The number of aromatic nitrogens is 2. The van der Waals surface area contributed by atoms with Gasteiger partial charge in [0.25, 0.3) is 0 Å². The first-order chi connectivity index (χ1) is 25.2. The molecule has 9 rings (SSSR count). The third-order valence-corrected chi connectivity index (χ3v) is 9.30. The Morgan fingerprint density at radius 2 is 1.02 bits per heavy atom. The Labute approximate surface area is 281 Å². The molecule has 0 spiro atoms. The number of imidazole rings is 1. The molecule has 2 heteroatoms. The second kappa shape index (κ2) is 11.1. The van der Waals surface area contributed by atoms with Crippen molar-refractivity contribution in [1.29, 1.82) is 0 Å². The highest BCUT2D eigenvalue weighted by Crippen LogP contribution is 2.47. The summed E-state index contributed by atoms with van der Waals surface area (Å²) in [6, 6.07) is 55.8. The quantitative estimate of drug-likeness (QED) is 0.178. The van der Waals surface area contributed by atoms with Gasteiger partial charge >= 0.3 is 0 Å². The molecule has 0 saturated heterocycles. The Kier molecular flexibility index (Phi) is 5.32. The minimum Gasteiger partial charge on any atom is -0.296 e. The van der Waals surface area contributed by atoms with Gasteiger partial charge in [-0.25, -0.2) is 4.98 Å². The van der Waals surface area contributed by atoms with Crippen LogP contribution in [0.4, 0.5) is 0 Å². The highest BCUT2D eigenvalue weighted by molar-refractivity contribution is 6.24. The molecule has 0 fully saturated rings. The molecule has 0 unspecified atom stereocenters. The van der Waals surface area contributed by atoms with Crippen LogP contribution in [-0.4, -0.2) is 9.55 Å². The fourth-order valence-corrected chi connectivity index (χ4v) is 7.33. The molecule has 222 valence electrons. The molecular formula is C45H32N2. The van der Waals surface area contributed by atoms with E-state index in [1.165, 1.54) is 11.1 Å². The summed E-state index contributed by atoms with van der Waals surface area (Å²) in [5.74, 6) is -0.149. The molecule has 8 aromatic carbocycles. The van der Waals surface area contributed by atoms with Gasteiger partial charge in [0.2, 0.25) is 0 Å². The second-order valence-electron chi connectivity index (χ2n) is 11.8. The number of fused-ring (bicyclic) bond motifs is 4. The van der Waals surface area contributed by atoms with Gasteiger partial charge in [-0.3, -0.25) is 4.57 Å². The van der Waals surface area contributed by atoms with Gasteiger partial charge in [0.15, 0.2) is 0 Å². The molecule has 0 aliphatic carbocycles. The molecule has 1 heterocycles. The molecule has 0 radical (unpaired) electrons. The minimum absolute atomic E-state index is 0.149. The topological polar surface area (TPSA) is 17.8 Å². The third kappa shape index (κ3) is 4.30. The first-order valence-electron chi connectivity index (χ1n) is 18.3. The molecule has 0 atom stereocenters. The van der Waals surface area contributed by atoms with Crippen molar-refractivity contribution < 1.29 is 6.85 Å². The lowest BCUT2D eigenvalue weighted by molar-refractivity contribution is 0.913. The van der Waals surface area contributed by atoms with Crippen molar-refractivity contribution in [3.05, 3.63) is 170 Å². The van der Waals surface area contributed by atoms with Crippen LogP contribution in [0.5, 0.6) is 0 Å². The summed E-state index contributed by atoms with van der Waals surface area (Å²) in [7, 11) is 0. The van der Waals surface area contributed by atoms with Gasteiger partial charge in [-0.2, -0.15) is 0 Å². The lowest BCUT2D eigenvalue weighted by Crippen LogP contribution is -2.01. The Morgan fingerprint density at radius 1 is 0.489 bits per heavy atom. The first kappa shape index (κ1) is 22.5. The molecular weight excluding hydrogens is 569 g/mol. The van der Waals surface area contributed by atoms with Crippen molar-refractivity contribution >= 4 is 43.4 Å². The number of para-hydroxylation sites is 2. The summed E-state index contributed by atoms with van der Waals surface area (Å²) in [6.45, 7) is -2.93. The zero-order chi connectivity index (χ0) is 35.6. The van der Waals surface area contributed by atoms with Gasteiger partial charge in [0, 0.05) is 18.6 Å². The highest BCUT2D eigenvalue weighted by atomic mass is 15.1. The smallest absolute Gasteiger partial charge is 0.114 e. The van der Waals surface area contributed by atoms with Crippen LogP contribution < -0.4 is 0 Å². The maximum absolute atomic E-state index is 8.79. The summed E-state index contributed by atoms with van der Waals surface area (Å²) in [4.78, 5) is 4.59. The molecule has 47 heavy (non-hydrogen) atoms. The summed E-state index contributed by atoms with van der Waals surface area (Å²) in [5.41, 5.74) is 8.63. The maximum atomic E-state index is 8.79. The fraction of sp³-hybridized carbons (Fsp3) is 0.0444. The van der Waals surface area contributed by atoms with Crippen LogP contribution in [0.15, 0.2) is 164 Å². The molecule has 1 aromatic heterocycles. The monoisotopic (exact) mass is 605 g/mol. The lowest BCUT2D eigenvalue weighted by Gasteiger charge is -2.21. The van der Waals surface area contributed by atoms with E-state index in [1.54, 1.807) is 10.6 Å². The lowest BCUT2D eigenvalue weighted by atomic mass is 9.83. The SMILES string of the molecule is [2H]C([2H])([2H])C([2H])([2H])c1nc2ccccc2n1-c1ccc(-c2c3ccccc3c(-c3ccccc3-c3ccccc3)c3ccccc23)c2ccccc12. The number of benzene rings is 8. The summed E-state index contributed by atoms with van der Waals surface area (Å²) in [5, 5.41) is 6.33. The van der Waals surface area contributed by atoms with E-state index in [4.69, 9.17) is 6.85 Å². The molecule has 0 amide bonds. The minimum atomic E-state index is -2.93. The third-order valence-electron chi connectivity index (χ3n) is 9.30. The van der Waals surface area contributed by atoms with Gasteiger partial charge < -0.3 is 0 Å². The average molecular weight is 606 g/mol. The van der Waals surface area contributed by atoms with Gasteiger partial charge in [-0.05, 0) is 78.5 Å². The van der Waals surface area contributed by atoms with E-state index in [-0.39, 0.29) is 5.82 Å². The normalized spacial score (nSPS) is 13.7. The van der Waals surface area contributed by atoms with E-state index in [9.17, 15) is 0 Å². The number of hydrogen-bond donors (Lipinski definition) is 0. The summed E-state index contributed by atoms with van der Waals surface area (Å²) < 4.78 is 43.6. The van der Waals surface area contributed by atoms with Gasteiger partial charge in [-0.1, -0.05) is 152 Å². The number of hydrogen-bond acceptors (Lipinski definition) is 1. The fourth-order valence-electron chi connectivity index (χ4n) is 7.33. The van der Waals surface area contributed by atoms with Crippen LogP contribution in [0.3, 0.4) is 0 Å². The van der Waals surface area contributed by atoms with Gasteiger partial charge in [0.1, 0.15) is 5.82 Å². The molecule has 2 nitrogen and oxygen atoms in total. The number of nitrogens with zero attached hydrogens (tertiary/aromatic N) is 2. The summed E-state index contributed by atoms with van der Waals surface area (Å²) >= 11 is 0.